The van der Waals surface area contributed by atoms with Crippen LogP contribution < -0.4 is 5.32 Å². The second-order valence-corrected chi connectivity index (χ2v) is 6.79. The van der Waals surface area contributed by atoms with E-state index in [2.05, 4.69) is 10.1 Å². The fourth-order valence-electron chi connectivity index (χ4n) is 2.09. The molecule has 1 N–H and O–H groups in total. The van der Waals surface area contributed by atoms with Gasteiger partial charge in [-0.05, 0) is 11.4 Å². The number of amides is 2. The standard InChI is InChI=1S/C14H18N2O4S2/c1-20-13(18)9-10(11-3-2-7-21-11)15-12(17)4-5-16-6-8-22-14(16)19/h2-3,7,10H,4-6,8-9H2,1H3,(H,15,17). The Morgan fingerprint density at radius 3 is 2.91 bits per heavy atom. The zero-order valence-electron chi connectivity index (χ0n) is 12.2. The van der Waals surface area contributed by atoms with Gasteiger partial charge in [0.15, 0.2) is 0 Å². The van der Waals surface area contributed by atoms with Crippen LogP contribution in [0.5, 0.6) is 0 Å². The van der Waals surface area contributed by atoms with E-state index in [4.69, 9.17) is 0 Å². The van der Waals surface area contributed by atoms with Gasteiger partial charge in [-0.1, -0.05) is 17.8 Å². The number of nitrogens with one attached hydrogen (secondary N) is 1. The van der Waals surface area contributed by atoms with Crippen molar-refractivity contribution in [1.82, 2.24) is 10.2 Å². The van der Waals surface area contributed by atoms with Gasteiger partial charge in [0, 0.05) is 30.1 Å². The Morgan fingerprint density at radius 2 is 2.32 bits per heavy atom. The first-order valence-corrected chi connectivity index (χ1v) is 8.78. The maximum atomic E-state index is 12.1. The molecule has 1 aliphatic heterocycles. The first-order chi connectivity index (χ1) is 10.6. The number of carbonyl (C=O) groups is 3. The van der Waals surface area contributed by atoms with Crippen molar-refractivity contribution in [3.05, 3.63) is 22.4 Å². The van der Waals surface area contributed by atoms with E-state index >= 15 is 0 Å². The molecule has 2 amide bonds. The van der Waals surface area contributed by atoms with Crippen molar-refractivity contribution >= 4 is 40.2 Å². The maximum Gasteiger partial charge on any atom is 0.307 e. The van der Waals surface area contributed by atoms with Gasteiger partial charge >= 0.3 is 5.97 Å². The molecule has 1 aliphatic rings. The van der Waals surface area contributed by atoms with Gasteiger partial charge in [0.05, 0.1) is 19.6 Å². The van der Waals surface area contributed by atoms with Gasteiger partial charge in [-0.25, -0.2) is 0 Å². The second-order valence-electron chi connectivity index (χ2n) is 4.77. The van der Waals surface area contributed by atoms with Gasteiger partial charge in [-0.15, -0.1) is 11.3 Å². The molecule has 1 fully saturated rings. The van der Waals surface area contributed by atoms with Crippen LogP contribution in [0.25, 0.3) is 0 Å². The first kappa shape index (κ1) is 16.8. The summed E-state index contributed by atoms with van der Waals surface area (Å²) in [7, 11) is 1.33. The van der Waals surface area contributed by atoms with Gasteiger partial charge < -0.3 is 15.0 Å². The Hall–Kier alpha value is -1.54. The number of ether oxygens (including phenoxy) is 1. The van der Waals surface area contributed by atoms with Crippen molar-refractivity contribution in [2.45, 2.75) is 18.9 Å². The second kappa shape index (κ2) is 8.19. The Bertz CT molecular complexity index is 533. The highest BCUT2D eigenvalue weighted by molar-refractivity contribution is 8.13. The van der Waals surface area contributed by atoms with Crippen LogP contribution in [0, 0.1) is 0 Å². The molecule has 0 saturated carbocycles. The lowest BCUT2D eigenvalue weighted by molar-refractivity contribution is -0.141. The van der Waals surface area contributed by atoms with Crippen molar-refractivity contribution in [2.75, 3.05) is 26.0 Å². The van der Waals surface area contributed by atoms with E-state index < -0.39 is 0 Å². The zero-order valence-corrected chi connectivity index (χ0v) is 13.9. The van der Waals surface area contributed by atoms with Crippen LogP contribution >= 0.6 is 23.1 Å². The Balaban J connectivity index is 1.87. The van der Waals surface area contributed by atoms with E-state index in [1.807, 2.05) is 17.5 Å². The third kappa shape index (κ3) is 4.74. The normalized spacial score (nSPS) is 15.7. The van der Waals surface area contributed by atoms with Crippen LogP contribution in [0.15, 0.2) is 17.5 Å². The molecule has 0 bridgehead atoms. The van der Waals surface area contributed by atoms with Crippen LogP contribution in [0.4, 0.5) is 4.79 Å². The Kier molecular flexibility index (Phi) is 6.26. The minimum Gasteiger partial charge on any atom is -0.469 e. The maximum absolute atomic E-state index is 12.1. The summed E-state index contributed by atoms with van der Waals surface area (Å²) < 4.78 is 4.67. The van der Waals surface area contributed by atoms with Crippen molar-refractivity contribution in [2.24, 2.45) is 0 Å². The number of rotatable bonds is 7. The van der Waals surface area contributed by atoms with Crippen molar-refractivity contribution in [3.63, 3.8) is 0 Å². The number of hydrogen-bond acceptors (Lipinski definition) is 6. The van der Waals surface area contributed by atoms with Crippen molar-refractivity contribution in [1.29, 1.82) is 0 Å². The number of thioether (sulfide) groups is 1. The van der Waals surface area contributed by atoms with Crippen molar-refractivity contribution < 1.29 is 19.1 Å². The highest BCUT2D eigenvalue weighted by Gasteiger charge is 2.23. The minimum absolute atomic E-state index is 0.0252. The fourth-order valence-corrected chi connectivity index (χ4v) is 3.72. The lowest BCUT2D eigenvalue weighted by atomic mass is 10.1. The van der Waals surface area contributed by atoms with Crippen molar-refractivity contribution in [3.8, 4) is 0 Å². The lowest BCUT2D eigenvalue weighted by Crippen LogP contribution is -2.33. The summed E-state index contributed by atoms with van der Waals surface area (Å²) in [5.74, 6) is 0.234. The molecule has 22 heavy (non-hydrogen) atoms. The molecule has 1 aromatic heterocycles. The van der Waals surface area contributed by atoms with Gasteiger partial charge in [0.2, 0.25) is 5.91 Å². The van der Waals surface area contributed by atoms with E-state index in [9.17, 15) is 14.4 Å². The molecule has 0 aliphatic carbocycles. The largest absolute Gasteiger partial charge is 0.469 e. The summed E-state index contributed by atoms with van der Waals surface area (Å²) >= 11 is 2.76. The zero-order chi connectivity index (χ0) is 15.9. The van der Waals surface area contributed by atoms with Crippen LogP contribution in [0.3, 0.4) is 0 Å². The van der Waals surface area contributed by atoms with E-state index in [0.717, 1.165) is 10.6 Å². The highest BCUT2D eigenvalue weighted by atomic mass is 32.2. The summed E-state index contributed by atoms with van der Waals surface area (Å²) in [4.78, 5) is 37.6. The van der Waals surface area contributed by atoms with Gasteiger partial charge in [0.25, 0.3) is 5.24 Å². The number of hydrogen-bond donors (Lipinski definition) is 1. The summed E-state index contributed by atoms with van der Waals surface area (Å²) in [5.41, 5.74) is 0. The lowest BCUT2D eigenvalue weighted by Gasteiger charge is -2.18. The van der Waals surface area contributed by atoms with E-state index in [-0.39, 0.29) is 36.0 Å². The molecule has 2 rings (SSSR count). The third-order valence-corrected chi connectivity index (χ3v) is 5.15. The number of carbonyl (C=O) groups excluding carboxylic acids is 3. The predicted molar refractivity (Wildman–Crippen MR) is 85.9 cm³/mol. The molecule has 0 radical (unpaired) electrons. The number of nitrogens with zero attached hydrogens (tertiary/aromatic N) is 1. The number of methoxy groups -OCH3 is 1. The monoisotopic (exact) mass is 342 g/mol. The minimum atomic E-state index is -0.386. The molecular weight excluding hydrogens is 324 g/mol. The van der Waals surface area contributed by atoms with Crippen LogP contribution in [0.2, 0.25) is 0 Å². The number of esters is 1. The number of thiophene rings is 1. The van der Waals surface area contributed by atoms with Crippen LogP contribution in [0.1, 0.15) is 23.8 Å². The summed E-state index contributed by atoms with van der Waals surface area (Å²) in [5, 5.41) is 4.77. The molecule has 0 spiro atoms. The quantitative estimate of drug-likeness (QED) is 0.767. The van der Waals surface area contributed by atoms with Gasteiger partial charge in [0.1, 0.15) is 0 Å². The molecule has 1 aromatic rings. The van der Waals surface area contributed by atoms with E-state index in [0.29, 0.717) is 13.1 Å². The first-order valence-electron chi connectivity index (χ1n) is 6.91. The molecular formula is C14H18N2O4S2. The molecule has 1 atom stereocenters. The van der Waals surface area contributed by atoms with E-state index in [1.54, 1.807) is 4.90 Å². The smallest absolute Gasteiger partial charge is 0.307 e. The summed E-state index contributed by atoms with van der Waals surface area (Å²) in [6, 6.07) is 3.36. The molecule has 2 heterocycles. The molecule has 1 saturated heterocycles. The predicted octanol–water partition coefficient (Wildman–Crippen LogP) is 2.03. The topological polar surface area (TPSA) is 75.7 Å². The summed E-state index contributed by atoms with van der Waals surface area (Å²) in [6.07, 6.45) is 0.330. The average Bonchev–Trinajstić information content (AvgIpc) is 3.16. The van der Waals surface area contributed by atoms with E-state index in [1.165, 1.54) is 30.2 Å². The van der Waals surface area contributed by atoms with Gasteiger partial charge in [-0.2, -0.15) is 0 Å². The average molecular weight is 342 g/mol. The SMILES string of the molecule is COC(=O)CC(NC(=O)CCN1CCSC1=O)c1cccs1. The highest BCUT2D eigenvalue weighted by Crippen LogP contribution is 2.23. The summed E-state index contributed by atoms with van der Waals surface area (Å²) in [6.45, 7) is 1.10. The van der Waals surface area contributed by atoms with Crippen LogP contribution in [-0.4, -0.2) is 48.0 Å². The molecule has 120 valence electrons. The molecule has 8 heteroatoms. The fraction of sp³-hybridized carbons (Fsp3) is 0.500. The molecule has 6 nitrogen and oxygen atoms in total. The Labute approximate surface area is 137 Å². The molecule has 0 aromatic carbocycles. The van der Waals surface area contributed by atoms with Crippen LogP contribution in [-0.2, 0) is 14.3 Å². The third-order valence-electron chi connectivity index (χ3n) is 3.27. The molecule has 1 unspecified atom stereocenters. The Morgan fingerprint density at radius 1 is 1.50 bits per heavy atom. The van der Waals surface area contributed by atoms with Gasteiger partial charge in [-0.3, -0.25) is 14.4 Å².